The first-order valence-electron chi connectivity index (χ1n) is 9.80. The Hall–Kier alpha value is -2.52. The fourth-order valence-corrected chi connectivity index (χ4v) is 5.05. The van der Waals surface area contributed by atoms with E-state index in [2.05, 4.69) is 15.5 Å². The van der Waals surface area contributed by atoms with E-state index in [-0.39, 0.29) is 16.9 Å². The van der Waals surface area contributed by atoms with Gasteiger partial charge in [-0.3, -0.25) is 14.9 Å². The van der Waals surface area contributed by atoms with Gasteiger partial charge in [0.1, 0.15) is 4.88 Å². The first-order valence-corrected chi connectivity index (χ1v) is 11.4. The zero-order chi connectivity index (χ0) is 22.0. The molecule has 1 aliphatic rings. The van der Waals surface area contributed by atoms with E-state index < -0.39 is 0 Å². The van der Waals surface area contributed by atoms with Gasteiger partial charge in [0.2, 0.25) is 0 Å². The van der Waals surface area contributed by atoms with Gasteiger partial charge >= 0.3 is 0 Å². The lowest BCUT2D eigenvalue weighted by molar-refractivity contribution is 0.0665. The number of nitrogens with zero attached hydrogens (tertiary/aromatic N) is 2. The molecule has 0 radical (unpaired) electrons. The first-order chi connectivity index (χ1) is 14.9. The van der Waals surface area contributed by atoms with E-state index in [1.165, 1.54) is 11.3 Å². The Balaban J connectivity index is 1.47. The van der Waals surface area contributed by atoms with E-state index in [0.717, 1.165) is 23.2 Å². The fraction of sp³-hybridized carbons (Fsp3) is 0.227. The second-order valence-electron chi connectivity index (χ2n) is 7.29. The number of hydrogen-bond donors (Lipinski definition) is 2. The smallest absolute Gasteiger partial charge is 0.269 e. The van der Waals surface area contributed by atoms with Crippen LogP contribution in [0.15, 0.2) is 48.5 Å². The van der Waals surface area contributed by atoms with Gasteiger partial charge in [-0.05, 0) is 37.5 Å². The molecular weight excluding hydrogens is 452 g/mol. The molecule has 2 amide bonds. The molecule has 9 heteroatoms. The number of halogens is 1. The summed E-state index contributed by atoms with van der Waals surface area (Å²) in [6.07, 6.45) is 0. The molecule has 1 fully saturated rings. The molecule has 1 aromatic heterocycles. The molecule has 0 aliphatic carbocycles. The van der Waals surface area contributed by atoms with Crippen LogP contribution in [0.3, 0.4) is 0 Å². The Morgan fingerprint density at radius 1 is 1.03 bits per heavy atom. The van der Waals surface area contributed by atoms with Crippen LogP contribution in [0, 0.1) is 0 Å². The molecule has 160 valence electrons. The van der Waals surface area contributed by atoms with E-state index in [4.69, 9.17) is 23.8 Å². The lowest BCUT2D eigenvalue weighted by atomic mass is 10.1. The second kappa shape index (κ2) is 9.32. The first kappa shape index (κ1) is 21.7. The Morgan fingerprint density at radius 3 is 2.45 bits per heavy atom. The van der Waals surface area contributed by atoms with Gasteiger partial charge in [0.25, 0.3) is 11.8 Å². The molecular formula is C22H21ClN4O2S2. The second-order valence-corrected chi connectivity index (χ2v) is 9.13. The van der Waals surface area contributed by atoms with Gasteiger partial charge in [-0.1, -0.05) is 41.9 Å². The Kier molecular flexibility index (Phi) is 6.52. The predicted octanol–water partition coefficient (Wildman–Crippen LogP) is 4.07. The third kappa shape index (κ3) is 4.72. The Labute approximate surface area is 194 Å². The molecule has 0 unspecified atom stereocenters. The summed E-state index contributed by atoms with van der Waals surface area (Å²) in [4.78, 5) is 30.2. The molecule has 2 aromatic carbocycles. The van der Waals surface area contributed by atoms with Crippen LogP contribution in [0.25, 0.3) is 10.1 Å². The molecule has 1 saturated heterocycles. The van der Waals surface area contributed by atoms with Crippen molar-refractivity contribution in [3.05, 3.63) is 64.0 Å². The molecule has 0 saturated carbocycles. The highest BCUT2D eigenvalue weighted by Crippen LogP contribution is 2.35. The summed E-state index contributed by atoms with van der Waals surface area (Å²) in [5.74, 6) is -0.440. The summed E-state index contributed by atoms with van der Waals surface area (Å²) < 4.78 is 0.930. The summed E-state index contributed by atoms with van der Waals surface area (Å²) in [7, 11) is 2.04. The van der Waals surface area contributed by atoms with Gasteiger partial charge in [0.05, 0.1) is 16.3 Å². The number of likely N-dealkylation sites (N-methyl/N-ethyl adjacent to an activating group) is 1. The van der Waals surface area contributed by atoms with E-state index in [1.54, 1.807) is 12.1 Å². The maximum absolute atomic E-state index is 13.0. The summed E-state index contributed by atoms with van der Waals surface area (Å²) >= 11 is 13.0. The SMILES string of the molecule is CN1CCN(C(=O)c2ccccc2NC(=S)NC(=O)c2sc3ccccc3c2Cl)CC1. The Bertz CT molecular complexity index is 1160. The normalized spacial score (nSPS) is 14.5. The van der Waals surface area contributed by atoms with Gasteiger partial charge in [-0.25, -0.2) is 0 Å². The van der Waals surface area contributed by atoms with Crippen molar-refractivity contribution in [1.29, 1.82) is 0 Å². The average molecular weight is 473 g/mol. The van der Waals surface area contributed by atoms with Gasteiger partial charge < -0.3 is 15.1 Å². The van der Waals surface area contributed by atoms with E-state index in [1.807, 2.05) is 48.3 Å². The minimum Gasteiger partial charge on any atom is -0.336 e. The van der Waals surface area contributed by atoms with Crippen molar-refractivity contribution in [3.8, 4) is 0 Å². The molecule has 2 N–H and O–H groups in total. The summed E-state index contributed by atoms with van der Waals surface area (Å²) in [6.45, 7) is 3.03. The van der Waals surface area contributed by atoms with Crippen molar-refractivity contribution in [3.63, 3.8) is 0 Å². The molecule has 1 aliphatic heterocycles. The number of carbonyl (C=O) groups is 2. The number of amides is 2. The van der Waals surface area contributed by atoms with Crippen molar-refractivity contribution < 1.29 is 9.59 Å². The maximum atomic E-state index is 13.0. The maximum Gasteiger partial charge on any atom is 0.269 e. The van der Waals surface area contributed by atoms with Crippen LogP contribution < -0.4 is 10.6 Å². The Morgan fingerprint density at radius 2 is 1.71 bits per heavy atom. The zero-order valence-electron chi connectivity index (χ0n) is 16.9. The number of benzene rings is 2. The average Bonchev–Trinajstić information content (AvgIpc) is 3.11. The van der Waals surface area contributed by atoms with Crippen LogP contribution in [0.4, 0.5) is 5.69 Å². The largest absolute Gasteiger partial charge is 0.336 e. The van der Waals surface area contributed by atoms with E-state index in [0.29, 0.717) is 34.2 Å². The minimum atomic E-state index is -0.383. The van der Waals surface area contributed by atoms with Gasteiger partial charge in [0, 0.05) is 36.3 Å². The van der Waals surface area contributed by atoms with Gasteiger partial charge in [-0.2, -0.15) is 0 Å². The van der Waals surface area contributed by atoms with Gasteiger partial charge in [0.15, 0.2) is 5.11 Å². The number of anilines is 1. The number of thiocarbonyl (C=S) groups is 1. The monoisotopic (exact) mass is 472 g/mol. The number of hydrogen-bond acceptors (Lipinski definition) is 5. The molecule has 31 heavy (non-hydrogen) atoms. The highest BCUT2D eigenvalue weighted by atomic mass is 35.5. The topological polar surface area (TPSA) is 64.7 Å². The van der Waals surface area contributed by atoms with E-state index >= 15 is 0 Å². The van der Waals surface area contributed by atoms with Crippen molar-refractivity contribution in [2.24, 2.45) is 0 Å². The summed E-state index contributed by atoms with van der Waals surface area (Å²) in [6, 6.07) is 14.7. The quantitative estimate of drug-likeness (QED) is 0.562. The zero-order valence-corrected chi connectivity index (χ0v) is 19.2. The number of thiophene rings is 1. The van der Waals surface area contributed by atoms with Crippen molar-refractivity contribution >= 4 is 67.9 Å². The van der Waals surface area contributed by atoms with Crippen LogP contribution in [0.1, 0.15) is 20.0 Å². The number of carbonyl (C=O) groups excluding carboxylic acids is 2. The lowest BCUT2D eigenvalue weighted by Gasteiger charge is -2.32. The molecule has 3 aromatic rings. The van der Waals surface area contributed by atoms with Crippen LogP contribution in [-0.4, -0.2) is 60.0 Å². The summed E-state index contributed by atoms with van der Waals surface area (Å²) in [5.41, 5.74) is 1.07. The summed E-state index contributed by atoms with van der Waals surface area (Å²) in [5, 5.41) is 7.02. The fourth-order valence-electron chi connectivity index (χ4n) is 3.43. The van der Waals surface area contributed by atoms with Crippen LogP contribution in [-0.2, 0) is 0 Å². The lowest BCUT2D eigenvalue weighted by Crippen LogP contribution is -2.47. The number of fused-ring (bicyclic) bond motifs is 1. The number of rotatable bonds is 3. The van der Waals surface area contributed by atoms with Crippen molar-refractivity contribution in [2.75, 3.05) is 38.5 Å². The molecule has 0 bridgehead atoms. The highest BCUT2D eigenvalue weighted by molar-refractivity contribution is 7.80. The van der Waals surface area contributed by atoms with Crippen molar-refractivity contribution in [2.45, 2.75) is 0 Å². The van der Waals surface area contributed by atoms with Crippen LogP contribution >= 0.6 is 35.2 Å². The molecule has 6 nitrogen and oxygen atoms in total. The van der Waals surface area contributed by atoms with Crippen LogP contribution in [0.5, 0.6) is 0 Å². The van der Waals surface area contributed by atoms with E-state index in [9.17, 15) is 9.59 Å². The molecule has 4 rings (SSSR count). The predicted molar refractivity (Wildman–Crippen MR) is 130 cm³/mol. The number of nitrogens with one attached hydrogen (secondary N) is 2. The molecule has 0 spiro atoms. The highest BCUT2D eigenvalue weighted by Gasteiger charge is 2.23. The number of para-hydroxylation sites is 1. The van der Waals surface area contributed by atoms with Crippen molar-refractivity contribution in [1.82, 2.24) is 15.1 Å². The van der Waals surface area contributed by atoms with Gasteiger partial charge in [-0.15, -0.1) is 11.3 Å². The minimum absolute atomic E-state index is 0.0575. The molecule has 0 atom stereocenters. The van der Waals surface area contributed by atoms with Crippen LogP contribution in [0.2, 0.25) is 5.02 Å². The molecule has 2 heterocycles. The third-order valence-corrected chi connectivity index (χ3v) is 7.04. The third-order valence-electron chi connectivity index (χ3n) is 5.16. The standard InChI is InChI=1S/C22H21ClN4O2S2/c1-26-10-12-27(13-11-26)21(29)14-6-2-4-8-16(14)24-22(30)25-20(28)19-18(23)15-7-3-5-9-17(15)31-19/h2-9H,10-13H2,1H3,(H2,24,25,28,30). The number of piperazine rings is 1.